The molecular weight excluding hydrogens is 1450 g/mol. The highest BCUT2D eigenvalue weighted by atomic mass is 16.8. The normalized spacial score (nSPS) is 35.3. The van der Waals surface area contributed by atoms with E-state index in [1.807, 2.05) is 30.3 Å². The van der Waals surface area contributed by atoms with Gasteiger partial charge in [-0.25, -0.2) is 4.79 Å². The number of carbonyl (C=O) groups is 7. The predicted molar refractivity (Wildman–Crippen MR) is 375 cm³/mol. The van der Waals surface area contributed by atoms with Gasteiger partial charge in [0.05, 0.1) is 58.1 Å². The molecule has 3 aromatic carbocycles. The first-order valence-electron chi connectivity index (χ1n) is 36.3. The summed E-state index contributed by atoms with van der Waals surface area (Å²) >= 11 is 0. The smallest absolute Gasteiger partial charge is 0.410 e. The van der Waals surface area contributed by atoms with Crippen LogP contribution in [0.5, 0.6) is 5.75 Å². The lowest BCUT2D eigenvalue weighted by Crippen LogP contribution is -2.70. The minimum absolute atomic E-state index is 0.0528. The van der Waals surface area contributed by atoms with Crippen LogP contribution in [0.2, 0.25) is 0 Å². The van der Waals surface area contributed by atoms with Crippen LogP contribution in [0.15, 0.2) is 94.9 Å². The van der Waals surface area contributed by atoms with Crippen molar-refractivity contribution in [2.45, 2.75) is 204 Å². The van der Waals surface area contributed by atoms with E-state index in [1.165, 1.54) is 24.3 Å². The first-order valence-corrected chi connectivity index (χ1v) is 36.3. The molecular formula is C70H97N13O27. The first kappa shape index (κ1) is 82.3. The van der Waals surface area contributed by atoms with Gasteiger partial charge in [0.1, 0.15) is 128 Å². The van der Waals surface area contributed by atoms with E-state index in [0.717, 1.165) is 10.5 Å². The van der Waals surface area contributed by atoms with Crippen LogP contribution in [0.3, 0.4) is 0 Å². The summed E-state index contributed by atoms with van der Waals surface area (Å²) in [6, 6.07) is 10.4. The van der Waals surface area contributed by atoms with Gasteiger partial charge in [0.25, 0.3) is 0 Å². The molecule has 0 saturated carbocycles. The van der Waals surface area contributed by atoms with Gasteiger partial charge in [-0.2, -0.15) is 0 Å². The highest BCUT2D eigenvalue weighted by Crippen LogP contribution is 2.37. The van der Waals surface area contributed by atoms with Crippen LogP contribution in [-0.2, 0) is 75.0 Å². The van der Waals surface area contributed by atoms with E-state index >= 15 is 14.4 Å². The molecule has 110 heavy (non-hydrogen) atoms. The lowest BCUT2D eigenvalue weighted by Gasteiger charge is -2.49. The van der Waals surface area contributed by atoms with Gasteiger partial charge in [-0.3, -0.25) is 38.8 Å². The zero-order valence-corrected chi connectivity index (χ0v) is 59.7. The van der Waals surface area contributed by atoms with Crippen LogP contribution in [0.1, 0.15) is 55.2 Å². The lowest BCUT2D eigenvalue weighted by molar-refractivity contribution is -0.382. The molecule has 0 aromatic heterocycles. The molecule has 0 spiro atoms. The zero-order chi connectivity index (χ0) is 78.8. The second kappa shape index (κ2) is 37.1. The molecule has 23 N–H and O–H groups in total. The molecule has 6 fully saturated rings. The van der Waals surface area contributed by atoms with Crippen molar-refractivity contribution in [2.75, 3.05) is 59.2 Å². The largest absolute Gasteiger partial charge is 0.462 e. The number of guanidine groups is 2. The van der Waals surface area contributed by atoms with Crippen molar-refractivity contribution in [3.05, 3.63) is 102 Å². The summed E-state index contributed by atoms with van der Waals surface area (Å²) in [4.78, 5) is 112. The Morgan fingerprint density at radius 2 is 1.26 bits per heavy atom. The molecule has 26 atom stereocenters. The van der Waals surface area contributed by atoms with Gasteiger partial charge in [0.2, 0.25) is 41.7 Å². The van der Waals surface area contributed by atoms with Crippen molar-refractivity contribution in [1.82, 2.24) is 47.0 Å². The van der Waals surface area contributed by atoms with Crippen molar-refractivity contribution >= 4 is 53.5 Å². The molecule has 8 heterocycles. The number of amides is 7. The number of aliphatic hydroxyl groups excluding tert-OH is 12. The maximum Gasteiger partial charge on any atom is 0.410 e. The van der Waals surface area contributed by atoms with E-state index in [2.05, 4.69) is 47.2 Å². The average Bonchev–Trinajstić information content (AvgIpc) is 1.33. The van der Waals surface area contributed by atoms with Crippen molar-refractivity contribution in [2.24, 2.45) is 27.4 Å². The summed E-state index contributed by atoms with van der Waals surface area (Å²) in [7, 11) is 0. The molecule has 6 saturated heterocycles. The van der Waals surface area contributed by atoms with Gasteiger partial charge in [-0.1, -0.05) is 79.7 Å². The minimum atomic E-state index is -2.35. The standard InChI is InChI=1S/C70H97N13O27/c1-2-36(34-11-7-4-8-12-34)46-62(99)76-37(61(98)80-47(49(88)38-23-74-68(71)78-38)64(101)81-48(63(100)77-39(26-84)60(97)73-25-44(87)79-46)50(89)40-24-75-69(72)83(40)65-55(94)52(91)51(90)41(27-85)106-65)21-31-13-15-35(16-14-31)105-66-56(95)53(92)58(42(28-86)107-66)110-67-57(96)54(93)59-43(108-67)30-103-45(109-59)22-32-17-19-82(20-18-32)70(102)104-29-33-9-5-3-6-10-33/h3-16,32,36-43,45-59,65-67,84-86,88-96H,2,17-30H2,1H3,(H2,72,75)(H,73,97)(H,76,99)(H,77,100)(H,79,87)(H,80,98)(H,81,101)(H3,71,74,78). The molecule has 8 aliphatic rings. The third kappa shape index (κ3) is 19.1. The van der Waals surface area contributed by atoms with Crippen LogP contribution in [0.4, 0.5) is 4.79 Å². The number of piperidine rings is 1. The molecule has 8 aliphatic heterocycles. The molecule has 3 aromatic rings. The second-order valence-electron chi connectivity index (χ2n) is 28.2. The molecule has 604 valence electrons. The highest BCUT2D eigenvalue weighted by Gasteiger charge is 2.56. The number of ether oxygens (including phenoxy) is 8. The maximum absolute atomic E-state index is 15.3. The van der Waals surface area contributed by atoms with Crippen LogP contribution < -0.4 is 53.4 Å². The molecule has 26 unspecified atom stereocenters. The molecule has 11 rings (SSSR count). The zero-order valence-electron chi connectivity index (χ0n) is 59.7. The van der Waals surface area contributed by atoms with Crippen LogP contribution in [0, 0.1) is 5.92 Å². The fourth-order valence-corrected chi connectivity index (χ4v) is 14.7. The predicted octanol–water partition coefficient (Wildman–Crippen LogP) is -9.39. The Kier molecular flexibility index (Phi) is 27.8. The molecule has 7 amide bonds. The van der Waals surface area contributed by atoms with Gasteiger partial charge < -0.3 is 158 Å². The molecule has 40 heteroatoms. The fourth-order valence-electron chi connectivity index (χ4n) is 14.7. The maximum atomic E-state index is 15.3. The van der Waals surface area contributed by atoms with Gasteiger partial charge in [0.15, 0.2) is 30.7 Å². The fraction of sp³-hybridized carbons (Fsp3) is 0.614. The van der Waals surface area contributed by atoms with Crippen LogP contribution >= 0.6 is 0 Å². The Morgan fingerprint density at radius 1 is 0.618 bits per heavy atom. The molecule has 0 radical (unpaired) electrons. The number of hydrogen-bond donors (Lipinski definition) is 21. The summed E-state index contributed by atoms with van der Waals surface area (Å²) in [6.45, 7) is -2.06. The quantitative estimate of drug-likeness (QED) is 0.0471. The Hall–Kier alpha value is -8.63. The van der Waals surface area contributed by atoms with Crippen LogP contribution in [-0.4, -0.2) is 337 Å². The Bertz CT molecular complexity index is 3680. The average molecular weight is 1550 g/mol. The third-order valence-electron chi connectivity index (χ3n) is 20.9. The van der Waals surface area contributed by atoms with E-state index in [9.17, 15) is 80.5 Å². The molecule has 0 bridgehead atoms. The summed E-state index contributed by atoms with van der Waals surface area (Å²) in [5.41, 5.74) is 13.8. The van der Waals surface area contributed by atoms with Gasteiger partial charge in [0, 0.05) is 31.8 Å². The SMILES string of the molecule is CCC(c1ccccc1)C1NC(=O)CNC(=O)C(CO)NC(=O)C(C(O)C2CN=C(N)N2C2OC(CO)C(O)C(O)C2O)NC(=O)C(C(O)C2CN=C(N)N2)NC(=O)C(Cc2ccc(OC3OC(CO)C(OC4OC5COC(CC6CCN(C(=O)OCc7ccccc7)CC6)OC5C(O)C4O)C(O)C3O)cc2)NC1=O. The van der Waals surface area contributed by atoms with E-state index in [4.69, 9.17) is 49.4 Å². The number of benzene rings is 3. The number of aliphatic hydroxyl groups is 12. The van der Waals surface area contributed by atoms with Gasteiger partial charge >= 0.3 is 6.09 Å². The number of carbonyl (C=O) groups excluding carboxylic acids is 7. The van der Waals surface area contributed by atoms with Crippen molar-refractivity contribution < 1.29 is 133 Å². The number of aliphatic imine (C=N–C) groups is 2. The van der Waals surface area contributed by atoms with Gasteiger partial charge in [-0.15, -0.1) is 0 Å². The number of hydrogen-bond acceptors (Lipinski definition) is 33. The Morgan fingerprint density at radius 3 is 1.93 bits per heavy atom. The highest BCUT2D eigenvalue weighted by molar-refractivity contribution is 5.98. The second-order valence-corrected chi connectivity index (χ2v) is 28.2. The summed E-state index contributed by atoms with van der Waals surface area (Å²) in [6.07, 6.45) is -29.4. The number of nitrogens with zero attached hydrogens (tertiary/aromatic N) is 4. The van der Waals surface area contributed by atoms with E-state index in [0.29, 0.717) is 37.9 Å². The first-order chi connectivity index (χ1) is 52.8. The molecule has 0 aliphatic carbocycles. The van der Waals surface area contributed by atoms with Gasteiger partial charge in [-0.05, 0) is 54.0 Å². The number of fused-ring (bicyclic) bond motifs is 1. The number of nitrogens with two attached hydrogens (primary N) is 2. The summed E-state index contributed by atoms with van der Waals surface area (Å²) in [5, 5.41) is 152. The van der Waals surface area contributed by atoms with Crippen molar-refractivity contribution in [1.29, 1.82) is 0 Å². The number of rotatable bonds is 21. The van der Waals surface area contributed by atoms with Crippen LogP contribution in [0.25, 0.3) is 0 Å². The van der Waals surface area contributed by atoms with Crippen molar-refractivity contribution in [3.63, 3.8) is 0 Å². The van der Waals surface area contributed by atoms with E-state index < -0.39 is 246 Å². The monoisotopic (exact) mass is 1550 g/mol. The minimum Gasteiger partial charge on any atom is -0.462 e. The topological polar surface area (TPSA) is 604 Å². The Labute approximate surface area is 629 Å². The van der Waals surface area contributed by atoms with E-state index in [-0.39, 0.29) is 49.4 Å². The lowest BCUT2D eigenvalue weighted by atomic mass is 9.88. The molecule has 40 nitrogen and oxygen atoms in total. The van der Waals surface area contributed by atoms with Crippen molar-refractivity contribution in [3.8, 4) is 5.75 Å². The summed E-state index contributed by atoms with van der Waals surface area (Å²) < 4.78 is 47.3. The number of nitrogens with one attached hydrogen (secondary N) is 7. The Balaban J connectivity index is 0.795. The number of likely N-dealkylation sites (tertiary alicyclic amines) is 1. The van der Waals surface area contributed by atoms with E-state index in [1.54, 1.807) is 42.2 Å². The summed E-state index contributed by atoms with van der Waals surface area (Å²) in [5.74, 6) is -8.78. The third-order valence-corrected chi connectivity index (χ3v) is 20.9.